The number of pyridine rings is 1. The highest BCUT2D eigenvalue weighted by Gasteiger charge is 2.07. The van der Waals surface area contributed by atoms with Crippen LogP contribution in [-0.2, 0) is 6.42 Å². The Balaban J connectivity index is 1.34. The predicted octanol–water partition coefficient (Wildman–Crippen LogP) is 4.47. The molecule has 5 nitrogen and oxygen atoms in total. The van der Waals surface area contributed by atoms with Crippen LogP contribution in [0, 0.1) is 0 Å². The Labute approximate surface area is 181 Å². The van der Waals surface area contributed by atoms with Crippen molar-refractivity contribution < 1.29 is 15.0 Å². The van der Waals surface area contributed by atoms with Crippen molar-refractivity contribution in [2.75, 3.05) is 13.1 Å². The summed E-state index contributed by atoms with van der Waals surface area (Å²) in [5, 5.41) is 24.5. The summed E-state index contributed by atoms with van der Waals surface area (Å²) in [7, 11) is 0. The highest BCUT2D eigenvalue weighted by atomic mass is 16.4. The van der Waals surface area contributed by atoms with Gasteiger partial charge in [-0.25, -0.2) is 4.79 Å². The van der Waals surface area contributed by atoms with Crippen molar-refractivity contribution in [1.29, 1.82) is 0 Å². The van der Waals surface area contributed by atoms with Gasteiger partial charge < -0.3 is 15.5 Å². The van der Waals surface area contributed by atoms with Crippen molar-refractivity contribution in [1.82, 2.24) is 10.3 Å². The van der Waals surface area contributed by atoms with Crippen LogP contribution < -0.4 is 5.32 Å². The number of aliphatic hydroxyl groups is 1. The quantitative estimate of drug-likeness (QED) is 0.372. The normalized spacial score (nSPS) is 12.0. The molecule has 0 spiro atoms. The van der Waals surface area contributed by atoms with Crippen molar-refractivity contribution in [2.45, 2.75) is 12.5 Å². The number of rotatable bonds is 8. The van der Waals surface area contributed by atoms with E-state index in [0.29, 0.717) is 12.1 Å². The van der Waals surface area contributed by atoms with Gasteiger partial charge in [0.25, 0.3) is 0 Å². The maximum absolute atomic E-state index is 11.1. The molecule has 0 saturated heterocycles. The summed E-state index contributed by atoms with van der Waals surface area (Å²) in [5.74, 6) is -0.914. The Kier molecular flexibility index (Phi) is 6.36. The van der Waals surface area contributed by atoms with Crippen molar-refractivity contribution >= 4 is 16.7 Å². The minimum absolute atomic E-state index is 0.297. The average molecular weight is 412 g/mol. The highest BCUT2D eigenvalue weighted by molar-refractivity contribution is 5.95. The molecular formula is C26H24N2O3. The third-order valence-electron chi connectivity index (χ3n) is 5.37. The molecule has 0 aliphatic heterocycles. The number of carbonyl (C=O) groups is 1. The van der Waals surface area contributed by atoms with E-state index in [4.69, 9.17) is 5.11 Å². The summed E-state index contributed by atoms with van der Waals surface area (Å²) >= 11 is 0. The number of benzene rings is 3. The van der Waals surface area contributed by atoms with E-state index in [1.807, 2.05) is 30.3 Å². The molecule has 0 saturated carbocycles. The van der Waals surface area contributed by atoms with Crippen LogP contribution in [0.5, 0.6) is 0 Å². The van der Waals surface area contributed by atoms with Crippen LogP contribution >= 0.6 is 0 Å². The molecule has 4 aromatic rings. The van der Waals surface area contributed by atoms with Gasteiger partial charge in [-0.3, -0.25) is 4.98 Å². The molecule has 4 rings (SSSR count). The summed E-state index contributed by atoms with van der Waals surface area (Å²) in [6, 6.07) is 23.4. The molecule has 0 aliphatic rings. The van der Waals surface area contributed by atoms with Gasteiger partial charge in [0.05, 0.1) is 11.7 Å². The van der Waals surface area contributed by atoms with E-state index in [-0.39, 0.29) is 0 Å². The Morgan fingerprint density at radius 2 is 1.68 bits per heavy atom. The minimum atomic E-state index is -0.914. The van der Waals surface area contributed by atoms with Gasteiger partial charge in [0.15, 0.2) is 0 Å². The fourth-order valence-electron chi connectivity index (χ4n) is 3.58. The number of carboxylic acids is 1. The highest BCUT2D eigenvalue weighted by Crippen LogP contribution is 2.25. The van der Waals surface area contributed by atoms with Crippen LogP contribution in [0.15, 0.2) is 85.2 Å². The van der Waals surface area contributed by atoms with Crippen molar-refractivity contribution in [3.8, 4) is 11.1 Å². The first-order valence-electron chi connectivity index (χ1n) is 10.3. The number of nitrogens with one attached hydrogen (secondary N) is 1. The molecule has 0 unspecified atom stereocenters. The molecule has 3 N–H and O–H groups in total. The fraction of sp³-hybridized carbons (Fsp3) is 0.154. The molecule has 31 heavy (non-hydrogen) atoms. The van der Waals surface area contributed by atoms with Crippen molar-refractivity contribution in [2.24, 2.45) is 0 Å². The second-order valence-corrected chi connectivity index (χ2v) is 7.54. The fourth-order valence-corrected chi connectivity index (χ4v) is 3.58. The van der Waals surface area contributed by atoms with Gasteiger partial charge in [0, 0.05) is 24.5 Å². The van der Waals surface area contributed by atoms with E-state index in [2.05, 4.69) is 40.6 Å². The van der Waals surface area contributed by atoms with Gasteiger partial charge in [-0.05, 0) is 64.7 Å². The zero-order chi connectivity index (χ0) is 21.6. The van der Waals surface area contributed by atoms with E-state index >= 15 is 0 Å². The van der Waals surface area contributed by atoms with Gasteiger partial charge in [-0.2, -0.15) is 0 Å². The summed E-state index contributed by atoms with van der Waals surface area (Å²) in [6.45, 7) is 1.27. The lowest BCUT2D eigenvalue weighted by atomic mass is 9.99. The number of carboxylic acid groups (broad SMARTS) is 1. The molecule has 0 aliphatic carbocycles. The molecule has 5 heteroatoms. The topological polar surface area (TPSA) is 82.5 Å². The van der Waals surface area contributed by atoms with Crippen LogP contribution in [0.2, 0.25) is 0 Å². The minimum Gasteiger partial charge on any atom is -0.478 e. The summed E-state index contributed by atoms with van der Waals surface area (Å²) in [6.07, 6.45) is 3.69. The number of fused-ring (bicyclic) bond motifs is 1. The number of hydrogen-bond acceptors (Lipinski definition) is 4. The Hall–Kier alpha value is -3.54. The molecule has 1 atom stereocenters. The standard InChI is InChI=1S/C26H24N2O3/c29-25(24-2-1-12-27-16-24)17-28-13-11-18-3-5-19(6-4-18)20-7-8-22-15-23(26(30)31)10-9-21(22)14-20/h1-10,12,14-16,25,28-29H,11,13,17H2,(H,30,31)/t25-/m0/s1. The first-order valence-corrected chi connectivity index (χ1v) is 10.3. The number of nitrogens with zero attached hydrogens (tertiary/aromatic N) is 1. The number of hydrogen-bond donors (Lipinski definition) is 3. The first kappa shape index (κ1) is 20.7. The molecule has 0 radical (unpaired) electrons. The zero-order valence-corrected chi connectivity index (χ0v) is 17.0. The molecule has 0 amide bonds. The van der Waals surface area contributed by atoms with E-state index in [9.17, 15) is 9.90 Å². The molecule has 3 aromatic carbocycles. The van der Waals surface area contributed by atoms with Crippen LogP contribution in [-0.4, -0.2) is 34.3 Å². The lowest BCUT2D eigenvalue weighted by Crippen LogP contribution is -2.23. The summed E-state index contributed by atoms with van der Waals surface area (Å²) < 4.78 is 0. The second-order valence-electron chi connectivity index (χ2n) is 7.54. The Morgan fingerprint density at radius 3 is 2.42 bits per heavy atom. The smallest absolute Gasteiger partial charge is 0.335 e. The summed E-state index contributed by atoms with van der Waals surface area (Å²) in [4.78, 5) is 15.2. The maximum atomic E-state index is 11.1. The molecular weight excluding hydrogens is 388 g/mol. The second kappa shape index (κ2) is 9.51. The molecule has 0 bridgehead atoms. The Bertz CT molecular complexity index is 1170. The van der Waals surface area contributed by atoms with Gasteiger partial charge >= 0.3 is 5.97 Å². The number of aromatic nitrogens is 1. The number of aliphatic hydroxyl groups excluding tert-OH is 1. The van der Waals surface area contributed by atoms with E-state index in [1.54, 1.807) is 24.5 Å². The van der Waals surface area contributed by atoms with Gasteiger partial charge in [-0.1, -0.05) is 48.5 Å². The van der Waals surface area contributed by atoms with E-state index in [1.165, 1.54) is 5.56 Å². The lowest BCUT2D eigenvalue weighted by Gasteiger charge is -2.12. The lowest BCUT2D eigenvalue weighted by molar-refractivity contribution is 0.0697. The first-order chi connectivity index (χ1) is 15.1. The van der Waals surface area contributed by atoms with Gasteiger partial charge in [0.1, 0.15) is 0 Å². The largest absolute Gasteiger partial charge is 0.478 e. The summed E-state index contributed by atoms with van der Waals surface area (Å²) in [5.41, 5.74) is 4.55. The zero-order valence-electron chi connectivity index (χ0n) is 17.0. The van der Waals surface area contributed by atoms with Crippen LogP contribution in [0.25, 0.3) is 21.9 Å². The van der Waals surface area contributed by atoms with Crippen molar-refractivity contribution in [3.05, 3.63) is 102 Å². The third-order valence-corrected chi connectivity index (χ3v) is 5.37. The Morgan fingerprint density at radius 1 is 0.935 bits per heavy atom. The van der Waals surface area contributed by atoms with Crippen LogP contribution in [0.3, 0.4) is 0 Å². The van der Waals surface area contributed by atoms with Crippen molar-refractivity contribution in [3.63, 3.8) is 0 Å². The number of aromatic carboxylic acids is 1. The van der Waals surface area contributed by atoms with Crippen LogP contribution in [0.1, 0.15) is 27.6 Å². The molecule has 1 aromatic heterocycles. The molecule has 1 heterocycles. The SMILES string of the molecule is O=C(O)c1ccc2cc(-c3ccc(CCNC[C@H](O)c4cccnc4)cc3)ccc2c1. The van der Waals surface area contributed by atoms with E-state index in [0.717, 1.165) is 40.4 Å². The predicted molar refractivity (Wildman–Crippen MR) is 122 cm³/mol. The van der Waals surface area contributed by atoms with E-state index < -0.39 is 12.1 Å². The molecule has 156 valence electrons. The van der Waals surface area contributed by atoms with Crippen LogP contribution in [0.4, 0.5) is 0 Å². The van der Waals surface area contributed by atoms with Gasteiger partial charge in [-0.15, -0.1) is 0 Å². The maximum Gasteiger partial charge on any atom is 0.335 e. The van der Waals surface area contributed by atoms with Gasteiger partial charge in [0.2, 0.25) is 0 Å². The molecule has 0 fully saturated rings. The monoisotopic (exact) mass is 412 g/mol. The third kappa shape index (κ3) is 5.15. The average Bonchev–Trinajstić information content (AvgIpc) is 2.82.